The Kier molecular flexibility index (Phi) is 6.36. The van der Waals surface area contributed by atoms with Crippen molar-refractivity contribution in [3.63, 3.8) is 0 Å². The molecule has 0 aromatic carbocycles. The van der Waals surface area contributed by atoms with Crippen LogP contribution >= 0.6 is 0 Å². The van der Waals surface area contributed by atoms with Crippen LogP contribution in [-0.2, 0) is 4.43 Å². The highest BCUT2D eigenvalue weighted by atomic mass is 28.4. The van der Waals surface area contributed by atoms with Gasteiger partial charge in [-0.2, -0.15) is 0 Å². The summed E-state index contributed by atoms with van der Waals surface area (Å²) >= 11 is 0. The van der Waals surface area contributed by atoms with Crippen LogP contribution in [0.3, 0.4) is 0 Å². The predicted molar refractivity (Wildman–Crippen MR) is 75.0 cm³/mol. The zero-order chi connectivity index (χ0) is 12.8. The maximum absolute atomic E-state index is 6.34. The van der Waals surface area contributed by atoms with E-state index in [1.807, 2.05) is 0 Å². The first-order valence-corrected chi connectivity index (χ1v) is 9.26. The minimum Gasteiger partial charge on any atom is -0.413 e. The summed E-state index contributed by atoms with van der Waals surface area (Å²) in [6.45, 7) is 13.6. The van der Waals surface area contributed by atoms with Gasteiger partial charge in [0.25, 0.3) is 0 Å². The normalized spacial score (nSPS) is 14.6. The summed E-state index contributed by atoms with van der Waals surface area (Å²) in [4.78, 5) is 0. The topological polar surface area (TPSA) is 9.23 Å². The van der Waals surface area contributed by atoms with Gasteiger partial charge in [0.05, 0.1) is 6.10 Å². The van der Waals surface area contributed by atoms with Crippen molar-refractivity contribution >= 4 is 8.32 Å². The molecule has 0 spiro atoms. The van der Waals surface area contributed by atoms with Gasteiger partial charge in [-0.25, -0.2) is 0 Å². The first-order chi connectivity index (χ1) is 7.24. The molecule has 1 atom stereocenters. The molecule has 0 aliphatic heterocycles. The van der Waals surface area contributed by atoms with Gasteiger partial charge in [-0.1, -0.05) is 40.5 Å². The second kappa shape index (κ2) is 6.47. The van der Waals surface area contributed by atoms with Gasteiger partial charge in [-0.3, -0.25) is 0 Å². The molecule has 0 heterocycles. The van der Waals surface area contributed by atoms with E-state index in [4.69, 9.17) is 10.8 Å². The molecule has 0 aromatic rings. The summed E-state index contributed by atoms with van der Waals surface area (Å²) < 4.78 is 6.34. The molecule has 0 aromatic heterocycles. The lowest BCUT2D eigenvalue weighted by atomic mass is 10.1. The average molecular weight is 240 g/mol. The van der Waals surface area contributed by atoms with Crippen LogP contribution in [-0.4, -0.2) is 14.4 Å². The van der Waals surface area contributed by atoms with Crippen molar-refractivity contribution in [3.8, 4) is 12.3 Å². The van der Waals surface area contributed by atoms with Crippen molar-refractivity contribution in [1.29, 1.82) is 0 Å². The molecule has 0 saturated carbocycles. The van der Waals surface area contributed by atoms with Gasteiger partial charge in [0, 0.05) is 6.42 Å². The van der Waals surface area contributed by atoms with E-state index >= 15 is 0 Å². The van der Waals surface area contributed by atoms with Gasteiger partial charge in [-0.15, -0.1) is 12.3 Å². The summed E-state index contributed by atoms with van der Waals surface area (Å²) in [5.41, 5.74) is 0. The van der Waals surface area contributed by atoms with Crippen LogP contribution in [0.25, 0.3) is 0 Å². The molecule has 0 bridgehead atoms. The highest BCUT2D eigenvalue weighted by Gasteiger charge is 2.38. The van der Waals surface area contributed by atoms with Gasteiger partial charge < -0.3 is 4.43 Å². The second-order valence-electron chi connectivity index (χ2n) is 6.05. The highest BCUT2D eigenvalue weighted by molar-refractivity contribution is 6.74. The molecule has 0 aliphatic carbocycles. The van der Waals surface area contributed by atoms with E-state index in [1.165, 1.54) is 12.8 Å². The lowest BCUT2D eigenvalue weighted by Gasteiger charge is -2.39. The van der Waals surface area contributed by atoms with Gasteiger partial charge in [-0.05, 0) is 24.6 Å². The van der Waals surface area contributed by atoms with E-state index in [-0.39, 0.29) is 11.1 Å². The fraction of sp³-hybridized carbons (Fsp3) is 0.857. The number of hydrogen-bond donors (Lipinski definition) is 0. The number of rotatable bonds is 6. The molecule has 16 heavy (non-hydrogen) atoms. The van der Waals surface area contributed by atoms with E-state index in [2.05, 4.69) is 46.7 Å². The SMILES string of the molecule is C#CC[C@H](CCCC)O[Si](C)(C)C(C)(C)C. The Balaban J connectivity index is 4.44. The summed E-state index contributed by atoms with van der Waals surface area (Å²) in [5, 5.41) is 0.270. The third-order valence-corrected chi connectivity index (χ3v) is 8.03. The Bertz CT molecular complexity index is 232. The van der Waals surface area contributed by atoms with Crippen molar-refractivity contribution in [2.24, 2.45) is 0 Å². The van der Waals surface area contributed by atoms with Gasteiger partial charge in [0.1, 0.15) is 0 Å². The molecular formula is C14H28OSi. The Labute approximate surface area is 103 Å². The smallest absolute Gasteiger partial charge is 0.192 e. The number of terminal acetylenes is 1. The van der Waals surface area contributed by atoms with E-state index in [1.54, 1.807) is 0 Å². The molecule has 94 valence electrons. The molecule has 0 unspecified atom stereocenters. The van der Waals surface area contributed by atoms with Crippen molar-refractivity contribution in [2.45, 2.75) is 77.6 Å². The fourth-order valence-electron chi connectivity index (χ4n) is 1.36. The van der Waals surface area contributed by atoms with Crippen molar-refractivity contribution < 1.29 is 4.43 Å². The third kappa shape index (κ3) is 5.18. The van der Waals surface area contributed by atoms with Crippen LogP contribution in [0.4, 0.5) is 0 Å². The Hall–Kier alpha value is -0.263. The fourth-order valence-corrected chi connectivity index (χ4v) is 2.75. The second-order valence-corrected chi connectivity index (χ2v) is 10.8. The Morgan fingerprint density at radius 2 is 1.88 bits per heavy atom. The standard InChI is InChI=1S/C14H28OSi/c1-8-10-12-13(11-9-2)15-16(6,7)14(3,4)5/h2,13H,8,10-12H2,1,3-7H3/t13-/m1/s1. The van der Waals surface area contributed by atoms with Crippen LogP contribution in [0.1, 0.15) is 53.4 Å². The summed E-state index contributed by atoms with van der Waals surface area (Å²) in [5.74, 6) is 2.75. The van der Waals surface area contributed by atoms with Crippen molar-refractivity contribution in [1.82, 2.24) is 0 Å². The number of hydrogen-bond acceptors (Lipinski definition) is 1. The summed E-state index contributed by atoms with van der Waals surface area (Å²) in [7, 11) is -1.65. The predicted octanol–water partition coefficient (Wildman–Crippen LogP) is 4.59. The molecule has 0 N–H and O–H groups in total. The molecule has 0 rings (SSSR count). The number of unbranched alkanes of at least 4 members (excludes halogenated alkanes) is 1. The molecule has 0 aliphatic rings. The third-order valence-electron chi connectivity index (χ3n) is 3.49. The lowest BCUT2D eigenvalue weighted by molar-refractivity contribution is 0.173. The quantitative estimate of drug-likeness (QED) is 0.487. The molecule has 0 fully saturated rings. The first kappa shape index (κ1) is 15.7. The minimum absolute atomic E-state index is 0.269. The lowest BCUT2D eigenvalue weighted by Crippen LogP contribution is -2.43. The van der Waals surface area contributed by atoms with E-state index < -0.39 is 8.32 Å². The van der Waals surface area contributed by atoms with Crippen LogP contribution in [0.2, 0.25) is 18.1 Å². The van der Waals surface area contributed by atoms with Crippen LogP contribution < -0.4 is 0 Å². The van der Waals surface area contributed by atoms with Crippen molar-refractivity contribution in [3.05, 3.63) is 0 Å². The average Bonchev–Trinajstić information content (AvgIpc) is 2.12. The summed E-state index contributed by atoms with van der Waals surface area (Å²) in [6, 6.07) is 0. The van der Waals surface area contributed by atoms with Crippen LogP contribution in [0.15, 0.2) is 0 Å². The molecule has 0 radical (unpaired) electrons. The van der Waals surface area contributed by atoms with Gasteiger partial charge in [0.2, 0.25) is 0 Å². The molecule has 0 saturated heterocycles. The van der Waals surface area contributed by atoms with Crippen LogP contribution in [0, 0.1) is 12.3 Å². The van der Waals surface area contributed by atoms with Crippen molar-refractivity contribution in [2.75, 3.05) is 0 Å². The summed E-state index contributed by atoms with van der Waals surface area (Å²) in [6.07, 6.45) is 9.96. The van der Waals surface area contributed by atoms with Gasteiger partial charge in [0.15, 0.2) is 8.32 Å². The molecular weight excluding hydrogens is 212 g/mol. The molecule has 2 heteroatoms. The largest absolute Gasteiger partial charge is 0.413 e. The Morgan fingerprint density at radius 3 is 2.25 bits per heavy atom. The van der Waals surface area contributed by atoms with E-state index in [0.717, 1.165) is 12.8 Å². The molecule has 0 amide bonds. The Morgan fingerprint density at radius 1 is 1.31 bits per heavy atom. The first-order valence-electron chi connectivity index (χ1n) is 6.36. The zero-order valence-corrected chi connectivity index (χ0v) is 12.9. The zero-order valence-electron chi connectivity index (χ0n) is 11.9. The molecule has 1 nitrogen and oxygen atoms in total. The highest BCUT2D eigenvalue weighted by Crippen LogP contribution is 2.38. The maximum atomic E-state index is 6.34. The van der Waals surface area contributed by atoms with E-state index in [0.29, 0.717) is 0 Å². The van der Waals surface area contributed by atoms with Gasteiger partial charge >= 0.3 is 0 Å². The van der Waals surface area contributed by atoms with Crippen LogP contribution in [0.5, 0.6) is 0 Å². The van der Waals surface area contributed by atoms with E-state index in [9.17, 15) is 0 Å². The monoisotopic (exact) mass is 240 g/mol. The minimum atomic E-state index is -1.65. The maximum Gasteiger partial charge on any atom is 0.192 e.